The zero-order valence-electron chi connectivity index (χ0n) is 9.24. The molecule has 2 N–H and O–H groups in total. The van der Waals surface area contributed by atoms with E-state index in [1.165, 1.54) is 18.2 Å². The first-order valence-corrected chi connectivity index (χ1v) is 5.34. The van der Waals surface area contributed by atoms with E-state index < -0.39 is 5.82 Å². The highest BCUT2D eigenvalue weighted by Crippen LogP contribution is 2.05. The normalized spacial score (nSPS) is 12.2. The second-order valence-electron chi connectivity index (χ2n) is 3.60. The molecule has 1 unspecified atom stereocenters. The first-order chi connectivity index (χ1) is 7.67. The number of hydrogen-bond acceptors (Lipinski definition) is 2. The molecule has 16 heavy (non-hydrogen) atoms. The van der Waals surface area contributed by atoms with Gasteiger partial charge in [0.25, 0.3) is 5.91 Å². The van der Waals surface area contributed by atoms with Crippen LogP contribution in [0.1, 0.15) is 30.1 Å². The number of hydrogen-bond donors (Lipinski definition) is 2. The third-order valence-electron chi connectivity index (χ3n) is 2.39. The fourth-order valence-electron chi connectivity index (χ4n) is 1.43. The number of halogens is 1. The first-order valence-electron chi connectivity index (χ1n) is 5.34. The summed E-state index contributed by atoms with van der Waals surface area (Å²) in [6, 6.07) is 5.48. The Bertz CT molecular complexity index is 355. The molecule has 0 spiro atoms. The lowest BCUT2D eigenvalue weighted by Gasteiger charge is -2.15. The fourth-order valence-corrected chi connectivity index (χ4v) is 1.43. The summed E-state index contributed by atoms with van der Waals surface area (Å²) in [6.45, 7) is 1.95. The van der Waals surface area contributed by atoms with Crippen LogP contribution in [0.4, 0.5) is 4.39 Å². The highest BCUT2D eigenvalue weighted by atomic mass is 19.1. The number of aliphatic hydroxyl groups is 1. The Morgan fingerprint density at radius 1 is 1.56 bits per heavy atom. The van der Waals surface area contributed by atoms with Gasteiger partial charge in [-0.25, -0.2) is 4.39 Å². The zero-order chi connectivity index (χ0) is 12.0. The van der Waals surface area contributed by atoms with Gasteiger partial charge < -0.3 is 10.4 Å². The minimum Gasteiger partial charge on any atom is -0.396 e. The van der Waals surface area contributed by atoms with Crippen LogP contribution in [0.2, 0.25) is 0 Å². The maximum absolute atomic E-state index is 12.9. The second-order valence-corrected chi connectivity index (χ2v) is 3.60. The lowest BCUT2D eigenvalue weighted by Crippen LogP contribution is -2.35. The molecule has 0 aromatic heterocycles. The van der Waals surface area contributed by atoms with Gasteiger partial charge in [0.15, 0.2) is 0 Å². The molecular formula is C12H16FNO2. The van der Waals surface area contributed by atoms with E-state index in [4.69, 9.17) is 5.11 Å². The molecule has 0 aliphatic rings. The lowest BCUT2D eigenvalue weighted by atomic mass is 10.1. The monoisotopic (exact) mass is 225 g/mol. The van der Waals surface area contributed by atoms with Crippen molar-refractivity contribution in [3.63, 3.8) is 0 Å². The average molecular weight is 225 g/mol. The second kappa shape index (κ2) is 6.23. The topological polar surface area (TPSA) is 49.3 Å². The molecular weight excluding hydrogens is 209 g/mol. The van der Waals surface area contributed by atoms with E-state index in [1.807, 2.05) is 6.92 Å². The summed E-state index contributed by atoms with van der Waals surface area (Å²) >= 11 is 0. The number of nitrogens with one attached hydrogen (secondary N) is 1. The highest BCUT2D eigenvalue weighted by Gasteiger charge is 2.11. The zero-order valence-corrected chi connectivity index (χ0v) is 9.24. The Balaban J connectivity index is 2.64. The van der Waals surface area contributed by atoms with Crippen molar-refractivity contribution in [2.24, 2.45) is 0 Å². The van der Waals surface area contributed by atoms with Crippen molar-refractivity contribution in [2.75, 3.05) is 6.61 Å². The molecule has 1 aromatic rings. The van der Waals surface area contributed by atoms with Crippen molar-refractivity contribution >= 4 is 5.91 Å². The van der Waals surface area contributed by atoms with Crippen molar-refractivity contribution in [1.29, 1.82) is 0 Å². The molecule has 4 heteroatoms. The standard InChI is InChI=1S/C12H16FNO2/c1-2-11(6-7-15)14-12(16)9-4-3-5-10(13)8-9/h3-5,8,11,15H,2,6-7H2,1H3,(H,14,16). The summed E-state index contributed by atoms with van der Waals surface area (Å²) in [5.74, 6) is -0.734. The van der Waals surface area contributed by atoms with Gasteiger partial charge in [0.05, 0.1) is 0 Å². The smallest absolute Gasteiger partial charge is 0.251 e. The Hall–Kier alpha value is -1.42. The number of aliphatic hydroxyl groups excluding tert-OH is 1. The maximum Gasteiger partial charge on any atom is 0.251 e. The fraction of sp³-hybridized carbons (Fsp3) is 0.417. The van der Waals surface area contributed by atoms with E-state index in [-0.39, 0.29) is 18.6 Å². The predicted molar refractivity (Wildman–Crippen MR) is 59.6 cm³/mol. The van der Waals surface area contributed by atoms with Crippen molar-refractivity contribution in [1.82, 2.24) is 5.32 Å². The summed E-state index contributed by atoms with van der Waals surface area (Å²) in [4.78, 5) is 11.7. The van der Waals surface area contributed by atoms with Crippen LogP contribution in [0.5, 0.6) is 0 Å². The molecule has 0 radical (unpaired) electrons. The van der Waals surface area contributed by atoms with Crippen LogP contribution in [0, 0.1) is 5.82 Å². The van der Waals surface area contributed by atoms with E-state index in [9.17, 15) is 9.18 Å². The van der Waals surface area contributed by atoms with Gasteiger partial charge in [-0.1, -0.05) is 13.0 Å². The molecule has 0 heterocycles. The Morgan fingerprint density at radius 3 is 2.88 bits per heavy atom. The maximum atomic E-state index is 12.9. The van der Waals surface area contributed by atoms with Gasteiger partial charge in [-0.05, 0) is 31.0 Å². The van der Waals surface area contributed by atoms with Gasteiger partial charge in [0, 0.05) is 18.2 Å². The van der Waals surface area contributed by atoms with E-state index in [2.05, 4.69) is 5.32 Å². The molecule has 0 fully saturated rings. The minimum atomic E-state index is -0.428. The number of carbonyl (C=O) groups excluding carboxylic acids is 1. The van der Waals surface area contributed by atoms with Crippen LogP contribution in [-0.2, 0) is 0 Å². The van der Waals surface area contributed by atoms with Gasteiger partial charge in [0.1, 0.15) is 5.82 Å². The number of benzene rings is 1. The van der Waals surface area contributed by atoms with Gasteiger partial charge >= 0.3 is 0 Å². The largest absolute Gasteiger partial charge is 0.396 e. The SMILES string of the molecule is CCC(CCO)NC(=O)c1cccc(F)c1. The first kappa shape index (κ1) is 12.6. The van der Waals surface area contributed by atoms with Crippen molar-refractivity contribution in [2.45, 2.75) is 25.8 Å². The molecule has 0 saturated heterocycles. The third kappa shape index (κ3) is 3.62. The Labute approximate surface area is 94.3 Å². The Kier molecular flexibility index (Phi) is 4.92. The van der Waals surface area contributed by atoms with Crippen LogP contribution in [0.15, 0.2) is 24.3 Å². The Morgan fingerprint density at radius 2 is 2.31 bits per heavy atom. The molecule has 0 saturated carbocycles. The lowest BCUT2D eigenvalue weighted by molar-refractivity contribution is 0.0928. The van der Waals surface area contributed by atoms with Crippen molar-refractivity contribution < 1.29 is 14.3 Å². The van der Waals surface area contributed by atoms with Crippen LogP contribution >= 0.6 is 0 Å². The number of amides is 1. The molecule has 3 nitrogen and oxygen atoms in total. The van der Waals surface area contributed by atoms with Gasteiger partial charge in [-0.2, -0.15) is 0 Å². The van der Waals surface area contributed by atoms with Crippen LogP contribution < -0.4 is 5.32 Å². The summed E-state index contributed by atoms with van der Waals surface area (Å²) < 4.78 is 12.9. The van der Waals surface area contributed by atoms with E-state index in [1.54, 1.807) is 6.07 Å². The van der Waals surface area contributed by atoms with Gasteiger partial charge in [-0.3, -0.25) is 4.79 Å². The molecule has 1 atom stereocenters. The summed E-state index contributed by atoms with van der Waals surface area (Å²) in [5, 5.41) is 11.5. The molecule has 0 aliphatic carbocycles. The van der Waals surface area contributed by atoms with Gasteiger partial charge in [-0.15, -0.1) is 0 Å². The van der Waals surface area contributed by atoms with Crippen LogP contribution in [0.25, 0.3) is 0 Å². The quantitative estimate of drug-likeness (QED) is 0.801. The van der Waals surface area contributed by atoms with Crippen molar-refractivity contribution in [3.05, 3.63) is 35.6 Å². The summed E-state index contributed by atoms with van der Waals surface area (Å²) in [5.41, 5.74) is 0.302. The predicted octanol–water partition coefficient (Wildman–Crippen LogP) is 1.72. The summed E-state index contributed by atoms with van der Waals surface area (Å²) in [7, 11) is 0. The third-order valence-corrected chi connectivity index (χ3v) is 2.39. The minimum absolute atomic E-state index is 0.0297. The molecule has 1 aromatic carbocycles. The highest BCUT2D eigenvalue weighted by molar-refractivity contribution is 5.94. The van der Waals surface area contributed by atoms with Crippen molar-refractivity contribution in [3.8, 4) is 0 Å². The van der Waals surface area contributed by atoms with Crippen LogP contribution in [-0.4, -0.2) is 23.7 Å². The summed E-state index contributed by atoms with van der Waals surface area (Å²) in [6.07, 6.45) is 1.25. The molecule has 88 valence electrons. The molecule has 0 bridgehead atoms. The van der Waals surface area contributed by atoms with E-state index in [0.717, 1.165) is 6.42 Å². The van der Waals surface area contributed by atoms with E-state index in [0.29, 0.717) is 12.0 Å². The number of carbonyl (C=O) groups is 1. The number of rotatable bonds is 5. The molecule has 1 amide bonds. The van der Waals surface area contributed by atoms with Gasteiger partial charge in [0.2, 0.25) is 0 Å². The average Bonchev–Trinajstić information content (AvgIpc) is 2.28. The molecule has 0 aliphatic heterocycles. The van der Waals surface area contributed by atoms with Crippen LogP contribution in [0.3, 0.4) is 0 Å². The molecule has 1 rings (SSSR count). The van der Waals surface area contributed by atoms with E-state index >= 15 is 0 Å².